The Balaban J connectivity index is 2.05. The number of benzene rings is 5. The summed E-state index contributed by atoms with van der Waals surface area (Å²) in [6, 6.07) is 45.3. The topological polar surface area (TPSA) is 9.23 Å². The third kappa shape index (κ3) is 3.98. The molecule has 174 valence electrons. The van der Waals surface area contributed by atoms with Crippen molar-refractivity contribution in [1.29, 1.82) is 0 Å². The first-order chi connectivity index (χ1) is 17.1. The monoisotopic (exact) mass is 712 g/mol. The van der Waals surface area contributed by atoms with Crippen LogP contribution in [0.25, 0.3) is 0 Å². The summed E-state index contributed by atoms with van der Waals surface area (Å²) >= 11 is 14.5. The van der Waals surface area contributed by atoms with Crippen LogP contribution in [-0.2, 0) is 0 Å². The van der Waals surface area contributed by atoms with Crippen molar-refractivity contribution in [1.82, 2.24) is 0 Å². The molecule has 0 atom stereocenters. The molecule has 0 saturated heterocycles. The molecule has 0 bridgehead atoms. The van der Waals surface area contributed by atoms with E-state index in [0.717, 1.165) is 13.1 Å². The Morgan fingerprint density at radius 2 is 0.714 bits per heavy atom. The molecular formula is C30H22BiCl3O. The van der Waals surface area contributed by atoms with Gasteiger partial charge in [-0.1, -0.05) is 0 Å². The van der Waals surface area contributed by atoms with Gasteiger partial charge in [0.2, 0.25) is 0 Å². The van der Waals surface area contributed by atoms with Gasteiger partial charge in [0, 0.05) is 0 Å². The predicted octanol–water partition coefficient (Wildman–Crippen LogP) is 6.55. The van der Waals surface area contributed by atoms with Crippen LogP contribution in [0, 0.1) is 0 Å². The van der Waals surface area contributed by atoms with Crippen LogP contribution in [0.5, 0.6) is 5.75 Å². The van der Waals surface area contributed by atoms with Crippen molar-refractivity contribution in [3.8, 4) is 5.75 Å². The zero-order valence-electron chi connectivity index (χ0n) is 18.7. The minimum atomic E-state index is -5.33. The second-order valence-corrected chi connectivity index (χ2v) is 26.2. The van der Waals surface area contributed by atoms with Crippen molar-refractivity contribution in [3.63, 3.8) is 0 Å². The molecule has 0 spiro atoms. The molecule has 0 amide bonds. The zero-order valence-corrected chi connectivity index (χ0v) is 24.4. The average molecular weight is 714 g/mol. The Hall–Kier alpha value is -2.35. The van der Waals surface area contributed by atoms with E-state index in [-0.39, 0.29) is 0 Å². The first-order valence-corrected chi connectivity index (χ1v) is 20.7. The Bertz CT molecular complexity index is 1250. The second kappa shape index (κ2) is 9.96. The molecule has 5 rings (SSSR count). The number of hydrogen-bond acceptors (Lipinski definition) is 1. The summed E-state index contributed by atoms with van der Waals surface area (Å²) in [5.41, 5.74) is 0. The van der Waals surface area contributed by atoms with Gasteiger partial charge in [-0.25, -0.2) is 0 Å². The molecule has 0 unspecified atom stereocenters. The van der Waals surface area contributed by atoms with Gasteiger partial charge in [0.1, 0.15) is 0 Å². The van der Waals surface area contributed by atoms with Gasteiger partial charge in [0.05, 0.1) is 0 Å². The van der Waals surface area contributed by atoms with Gasteiger partial charge < -0.3 is 0 Å². The molecule has 0 aromatic heterocycles. The van der Waals surface area contributed by atoms with Crippen molar-refractivity contribution in [2.75, 3.05) is 0 Å². The first kappa shape index (κ1) is 24.4. The van der Waals surface area contributed by atoms with Gasteiger partial charge in [0.25, 0.3) is 0 Å². The summed E-state index contributed by atoms with van der Waals surface area (Å²) in [5, 5.41) is 1.21. The standard InChI is InChI=1S/C6H3Cl3O.4C6H5.Bi/c7-3-1-4(8)6(10)5(9)2-3;4*1-2-4-6-5-3-1;/h1-2,10H;4*1-5H;/q;;;;;+1/p-1. The van der Waals surface area contributed by atoms with Gasteiger partial charge >= 0.3 is 224 Å². The predicted molar refractivity (Wildman–Crippen MR) is 152 cm³/mol. The molecule has 0 aliphatic carbocycles. The maximum atomic E-state index is 7.54. The van der Waals surface area contributed by atoms with Gasteiger partial charge in [-0.3, -0.25) is 0 Å². The molecular weight excluding hydrogens is 692 g/mol. The molecule has 0 fully saturated rings. The van der Waals surface area contributed by atoms with Gasteiger partial charge in [0.15, 0.2) is 0 Å². The second-order valence-electron chi connectivity index (χ2n) is 8.17. The third-order valence-electron chi connectivity index (χ3n) is 6.23. The first-order valence-electron chi connectivity index (χ1n) is 11.1. The molecule has 1 nitrogen and oxygen atoms in total. The molecule has 0 aliphatic heterocycles. The molecule has 0 aliphatic rings. The van der Waals surface area contributed by atoms with Gasteiger partial charge in [-0.15, -0.1) is 0 Å². The summed E-state index contributed by atoms with van der Waals surface area (Å²) in [7, 11) is 0. The molecule has 35 heavy (non-hydrogen) atoms. The third-order valence-corrected chi connectivity index (χ3v) is 29.1. The van der Waals surface area contributed by atoms with Crippen LogP contribution in [0.3, 0.4) is 0 Å². The van der Waals surface area contributed by atoms with E-state index in [9.17, 15) is 0 Å². The van der Waals surface area contributed by atoms with Crippen LogP contribution in [-0.4, -0.2) is 19.2 Å². The maximum absolute atomic E-state index is 7.54. The molecule has 5 heteroatoms. The van der Waals surface area contributed by atoms with E-state index in [1.54, 1.807) is 12.1 Å². The van der Waals surface area contributed by atoms with Crippen molar-refractivity contribution in [3.05, 3.63) is 149 Å². The van der Waals surface area contributed by atoms with Crippen molar-refractivity contribution in [2.24, 2.45) is 0 Å². The average Bonchev–Trinajstić information content (AvgIpc) is 2.91. The van der Waals surface area contributed by atoms with E-state index in [1.165, 1.54) is 0 Å². The Morgan fingerprint density at radius 3 is 1.00 bits per heavy atom. The molecule has 0 heterocycles. The van der Waals surface area contributed by atoms with Crippen molar-refractivity contribution < 1.29 is 2.81 Å². The summed E-state index contributed by atoms with van der Waals surface area (Å²) in [6.07, 6.45) is 0. The summed E-state index contributed by atoms with van der Waals surface area (Å²) in [4.78, 5) is 0. The van der Waals surface area contributed by atoms with Crippen LogP contribution >= 0.6 is 34.8 Å². The van der Waals surface area contributed by atoms with E-state index >= 15 is 0 Å². The van der Waals surface area contributed by atoms with Crippen molar-refractivity contribution in [2.45, 2.75) is 0 Å². The fraction of sp³-hybridized carbons (Fsp3) is 0. The molecule has 5 aromatic carbocycles. The normalized spacial score (nSPS) is 12.5. The Kier molecular flexibility index (Phi) is 6.93. The van der Waals surface area contributed by atoms with Crippen LogP contribution in [0.2, 0.25) is 15.1 Å². The number of halogens is 3. The van der Waals surface area contributed by atoms with Crippen molar-refractivity contribution >= 4 is 67.1 Å². The zero-order chi connectivity index (χ0) is 24.3. The van der Waals surface area contributed by atoms with E-state index in [2.05, 4.69) is 97.1 Å². The molecule has 0 saturated carbocycles. The number of hydrogen-bond donors (Lipinski definition) is 0. The van der Waals surface area contributed by atoms with Gasteiger partial charge in [-0.2, -0.15) is 0 Å². The van der Waals surface area contributed by atoms with E-state index < -0.39 is 19.2 Å². The van der Waals surface area contributed by atoms with Gasteiger partial charge in [-0.05, 0) is 0 Å². The fourth-order valence-corrected chi connectivity index (χ4v) is 28.4. The van der Waals surface area contributed by atoms with Crippen LogP contribution < -0.4 is 15.9 Å². The van der Waals surface area contributed by atoms with E-state index in [1.807, 2.05) is 24.3 Å². The molecule has 5 aromatic rings. The fourth-order valence-electron chi connectivity index (χ4n) is 4.75. The molecule has 0 radical (unpaired) electrons. The SMILES string of the molecule is Clc1cc(Cl)c([O][Bi]([c]2ccccc2)([c]2ccccc2)([c]2ccccc2)[c]2ccccc2)c(Cl)c1. The Labute approximate surface area is 222 Å². The Morgan fingerprint density at radius 1 is 0.429 bits per heavy atom. The summed E-state index contributed by atoms with van der Waals surface area (Å²) < 4.78 is 12.0. The minimum absolute atomic E-state index is 0.378. The van der Waals surface area contributed by atoms with Crippen LogP contribution in [0.4, 0.5) is 0 Å². The summed E-state index contributed by atoms with van der Waals surface area (Å²) in [6.45, 7) is 0. The molecule has 0 N–H and O–H groups in total. The van der Waals surface area contributed by atoms with E-state index in [0.29, 0.717) is 20.8 Å². The van der Waals surface area contributed by atoms with E-state index in [4.69, 9.17) is 37.6 Å². The quantitative estimate of drug-likeness (QED) is 0.182. The van der Waals surface area contributed by atoms with Crippen LogP contribution in [0.1, 0.15) is 0 Å². The summed E-state index contributed by atoms with van der Waals surface area (Å²) in [5.74, 6) is 0.436. The van der Waals surface area contributed by atoms with Crippen LogP contribution in [0.15, 0.2) is 133 Å². The number of rotatable bonds is 6.